The van der Waals surface area contributed by atoms with Gasteiger partial charge in [0.05, 0.1) is 7.11 Å². The molecule has 0 atom stereocenters. The number of ether oxygens (including phenoxy) is 1. The van der Waals surface area contributed by atoms with E-state index in [4.69, 9.17) is 4.74 Å². The van der Waals surface area contributed by atoms with E-state index in [2.05, 4.69) is 6.07 Å². The lowest BCUT2D eigenvalue weighted by atomic mass is 9.86. The molecule has 0 spiro atoms. The minimum atomic E-state index is 0.0649. The standard InChI is InChI=1S/C20H14O2/c1-22-16-9-5-13(6-10-16)17-11-7-14-3-2-4-15-8-12-18(21)20(17)19(14)15/h2-12H,1H3. The predicted octanol–water partition coefficient (Wildman–Crippen LogP) is 4.72. The van der Waals surface area contributed by atoms with Crippen molar-refractivity contribution in [2.75, 3.05) is 7.11 Å². The van der Waals surface area contributed by atoms with Crippen LogP contribution in [0.5, 0.6) is 5.75 Å². The molecule has 0 unspecified atom stereocenters. The zero-order valence-corrected chi connectivity index (χ0v) is 12.2. The van der Waals surface area contributed by atoms with Crippen molar-refractivity contribution in [1.29, 1.82) is 0 Å². The Morgan fingerprint density at radius 3 is 2.45 bits per heavy atom. The third-order valence-corrected chi connectivity index (χ3v) is 4.14. The van der Waals surface area contributed by atoms with E-state index < -0.39 is 0 Å². The van der Waals surface area contributed by atoms with Gasteiger partial charge in [0.2, 0.25) is 0 Å². The van der Waals surface area contributed by atoms with Gasteiger partial charge in [0.15, 0.2) is 5.78 Å². The van der Waals surface area contributed by atoms with E-state index in [1.165, 1.54) is 0 Å². The number of carbonyl (C=O) groups excluding carboxylic acids is 1. The lowest BCUT2D eigenvalue weighted by Gasteiger charge is -2.16. The number of ketones is 1. The fourth-order valence-electron chi connectivity index (χ4n) is 3.06. The van der Waals surface area contributed by atoms with Gasteiger partial charge < -0.3 is 4.74 Å². The van der Waals surface area contributed by atoms with Crippen LogP contribution in [0, 0.1) is 0 Å². The van der Waals surface area contributed by atoms with Gasteiger partial charge in [-0.3, -0.25) is 4.79 Å². The topological polar surface area (TPSA) is 26.3 Å². The smallest absolute Gasteiger partial charge is 0.187 e. The molecule has 0 radical (unpaired) electrons. The summed E-state index contributed by atoms with van der Waals surface area (Å²) in [6, 6.07) is 18.0. The maximum atomic E-state index is 12.5. The Labute approximate surface area is 128 Å². The highest BCUT2D eigenvalue weighted by atomic mass is 16.5. The number of hydrogen-bond donors (Lipinski definition) is 0. The highest BCUT2D eigenvalue weighted by Gasteiger charge is 2.19. The highest BCUT2D eigenvalue weighted by Crippen LogP contribution is 2.36. The minimum absolute atomic E-state index is 0.0649. The maximum absolute atomic E-state index is 12.5. The molecule has 0 aliphatic heterocycles. The molecule has 0 saturated carbocycles. The van der Waals surface area contributed by atoms with E-state index in [9.17, 15) is 4.79 Å². The number of rotatable bonds is 2. The van der Waals surface area contributed by atoms with Crippen LogP contribution in [-0.4, -0.2) is 12.9 Å². The molecule has 2 heteroatoms. The van der Waals surface area contributed by atoms with Gasteiger partial charge in [-0.25, -0.2) is 0 Å². The van der Waals surface area contributed by atoms with Crippen LogP contribution in [0.3, 0.4) is 0 Å². The quantitative estimate of drug-likeness (QED) is 0.681. The molecule has 2 nitrogen and oxygen atoms in total. The second kappa shape index (κ2) is 4.85. The number of methoxy groups -OCH3 is 1. The van der Waals surface area contributed by atoms with Gasteiger partial charge in [-0.1, -0.05) is 48.5 Å². The van der Waals surface area contributed by atoms with Crippen molar-refractivity contribution >= 4 is 22.6 Å². The Kier molecular flexibility index (Phi) is 2.83. The van der Waals surface area contributed by atoms with Gasteiger partial charge in [0.1, 0.15) is 5.75 Å². The number of hydrogen-bond acceptors (Lipinski definition) is 2. The summed E-state index contributed by atoms with van der Waals surface area (Å²) >= 11 is 0. The van der Waals surface area contributed by atoms with Crippen LogP contribution in [-0.2, 0) is 0 Å². The third kappa shape index (κ3) is 1.85. The Morgan fingerprint density at radius 1 is 0.864 bits per heavy atom. The van der Waals surface area contributed by atoms with Crippen molar-refractivity contribution in [3.05, 3.63) is 71.8 Å². The first-order valence-corrected chi connectivity index (χ1v) is 7.20. The lowest BCUT2D eigenvalue weighted by Crippen LogP contribution is -2.04. The summed E-state index contributed by atoms with van der Waals surface area (Å²) in [6.07, 6.45) is 3.56. The Hall–Kier alpha value is -2.87. The van der Waals surface area contributed by atoms with Crippen molar-refractivity contribution in [3.63, 3.8) is 0 Å². The summed E-state index contributed by atoms with van der Waals surface area (Å²) in [5.74, 6) is 0.875. The molecule has 0 aromatic heterocycles. The number of benzene rings is 3. The van der Waals surface area contributed by atoms with Crippen molar-refractivity contribution in [1.82, 2.24) is 0 Å². The molecule has 0 N–H and O–H groups in total. The number of carbonyl (C=O) groups is 1. The average molecular weight is 286 g/mol. The van der Waals surface area contributed by atoms with Gasteiger partial charge in [0, 0.05) is 10.9 Å². The molecule has 0 heterocycles. The summed E-state index contributed by atoms with van der Waals surface area (Å²) in [7, 11) is 1.65. The summed E-state index contributed by atoms with van der Waals surface area (Å²) in [4.78, 5) is 12.5. The Morgan fingerprint density at radius 2 is 1.68 bits per heavy atom. The van der Waals surface area contributed by atoms with E-state index in [-0.39, 0.29) is 5.78 Å². The second-order valence-electron chi connectivity index (χ2n) is 5.36. The molecule has 3 aromatic carbocycles. The largest absolute Gasteiger partial charge is 0.497 e. The van der Waals surface area contributed by atoms with E-state index >= 15 is 0 Å². The monoisotopic (exact) mass is 286 g/mol. The molecule has 0 saturated heterocycles. The zero-order valence-electron chi connectivity index (χ0n) is 12.2. The zero-order chi connectivity index (χ0) is 15.1. The van der Waals surface area contributed by atoms with Gasteiger partial charge >= 0.3 is 0 Å². The Bertz CT molecular complexity index is 918. The number of allylic oxidation sites excluding steroid dienone is 1. The van der Waals surface area contributed by atoms with E-state index in [0.29, 0.717) is 0 Å². The fraction of sp³-hybridized carbons (Fsp3) is 0.0500. The lowest BCUT2D eigenvalue weighted by molar-refractivity contribution is 0.104. The van der Waals surface area contributed by atoms with E-state index in [1.54, 1.807) is 13.2 Å². The molecule has 3 aromatic rings. The summed E-state index contributed by atoms with van der Waals surface area (Å²) in [6.45, 7) is 0. The van der Waals surface area contributed by atoms with Gasteiger partial charge in [-0.15, -0.1) is 0 Å². The van der Waals surface area contributed by atoms with Gasteiger partial charge in [-0.05, 0) is 40.3 Å². The Balaban J connectivity index is 2.02. The van der Waals surface area contributed by atoms with Crippen molar-refractivity contribution in [2.45, 2.75) is 0 Å². The minimum Gasteiger partial charge on any atom is -0.497 e. The molecule has 0 amide bonds. The van der Waals surface area contributed by atoms with Crippen LogP contribution in [0.2, 0.25) is 0 Å². The fourth-order valence-corrected chi connectivity index (χ4v) is 3.06. The van der Waals surface area contributed by atoms with Crippen LogP contribution in [0.4, 0.5) is 0 Å². The molecule has 4 rings (SSSR count). The first kappa shape index (κ1) is 12.8. The molecular formula is C20H14O2. The maximum Gasteiger partial charge on any atom is 0.187 e. The SMILES string of the molecule is COc1ccc(-c2ccc3cccc4c3c2C(=O)C=C4)cc1. The molecule has 1 aliphatic rings. The molecule has 0 fully saturated rings. The van der Waals surface area contributed by atoms with Gasteiger partial charge in [-0.2, -0.15) is 0 Å². The summed E-state index contributed by atoms with van der Waals surface area (Å²) in [5.41, 5.74) is 3.89. The van der Waals surface area contributed by atoms with Crippen molar-refractivity contribution in [2.24, 2.45) is 0 Å². The van der Waals surface area contributed by atoms with Gasteiger partial charge in [0.25, 0.3) is 0 Å². The van der Waals surface area contributed by atoms with E-state index in [0.717, 1.165) is 38.8 Å². The molecule has 22 heavy (non-hydrogen) atoms. The molecule has 0 bridgehead atoms. The first-order chi connectivity index (χ1) is 10.8. The molecular weight excluding hydrogens is 272 g/mol. The first-order valence-electron chi connectivity index (χ1n) is 7.20. The van der Waals surface area contributed by atoms with Crippen molar-refractivity contribution in [3.8, 4) is 16.9 Å². The summed E-state index contributed by atoms with van der Waals surface area (Å²) < 4.78 is 5.21. The summed E-state index contributed by atoms with van der Waals surface area (Å²) in [5, 5.41) is 2.14. The van der Waals surface area contributed by atoms with Crippen molar-refractivity contribution < 1.29 is 9.53 Å². The van der Waals surface area contributed by atoms with Crippen LogP contribution in [0.25, 0.3) is 28.0 Å². The normalized spacial score (nSPS) is 12.7. The predicted molar refractivity (Wildman–Crippen MR) is 89.3 cm³/mol. The highest BCUT2D eigenvalue weighted by molar-refractivity contribution is 6.23. The van der Waals surface area contributed by atoms with E-state index in [1.807, 2.05) is 54.6 Å². The van der Waals surface area contributed by atoms with Crippen LogP contribution in [0.15, 0.2) is 60.7 Å². The van der Waals surface area contributed by atoms with Crippen LogP contribution >= 0.6 is 0 Å². The molecule has 106 valence electrons. The van der Waals surface area contributed by atoms with Crippen LogP contribution < -0.4 is 4.74 Å². The molecule has 1 aliphatic carbocycles. The van der Waals surface area contributed by atoms with Crippen LogP contribution in [0.1, 0.15) is 15.9 Å². The third-order valence-electron chi connectivity index (χ3n) is 4.14. The average Bonchev–Trinajstić information content (AvgIpc) is 2.58. The second-order valence-corrected chi connectivity index (χ2v) is 5.36.